The lowest BCUT2D eigenvalue weighted by Crippen LogP contribution is -2.28. The number of rotatable bonds is 2. The van der Waals surface area contributed by atoms with Gasteiger partial charge in [0.25, 0.3) is 0 Å². The predicted octanol–water partition coefficient (Wildman–Crippen LogP) is 2.24. The molecule has 5 heteroatoms. The topological polar surface area (TPSA) is 54.8 Å². The molecule has 3 aromatic rings. The predicted molar refractivity (Wildman–Crippen MR) is 84.2 cm³/mol. The van der Waals surface area contributed by atoms with E-state index in [1.165, 1.54) is 16.6 Å². The van der Waals surface area contributed by atoms with Crippen LogP contribution in [0.2, 0.25) is 0 Å². The minimum atomic E-state index is 0.849. The molecule has 0 unspecified atom stereocenters. The Hall–Kier alpha value is -2.40. The Bertz CT molecular complexity index is 806. The van der Waals surface area contributed by atoms with Crippen LogP contribution in [0.15, 0.2) is 36.7 Å². The summed E-state index contributed by atoms with van der Waals surface area (Å²) in [5, 5.41) is 8.78. The summed E-state index contributed by atoms with van der Waals surface area (Å²) in [6.07, 6.45) is 3.88. The largest absolute Gasteiger partial charge is 0.373 e. The number of fused-ring (bicyclic) bond motifs is 2. The molecule has 106 valence electrons. The van der Waals surface area contributed by atoms with Crippen LogP contribution in [0.25, 0.3) is 22.0 Å². The first-order valence-corrected chi connectivity index (χ1v) is 7.18. The number of nitrogens with one attached hydrogen (secondary N) is 2. The van der Waals surface area contributed by atoms with Gasteiger partial charge in [-0.25, -0.2) is 9.97 Å². The number of pyridine rings is 1. The molecule has 0 saturated heterocycles. The Morgan fingerprint density at radius 3 is 3.00 bits per heavy atom. The van der Waals surface area contributed by atoms with E-state index < -0.39 is 0 Å². The molecule has 1 aliphatic rings. The van der Waals surface area contributed by atoms with Crippen LogP contribution in [0, 0.1) is 0 Å². The van der Waals surface area contributed by atoms with E-state index in [1.807, 2.05) is 19.4 Å². The zero-order chi connectivity index (χ0) is 14.2. The molecular weight excluding hydrogens is 262 g/mol. The van der Waals surface area contributed by atoms with E-state index in [0.29, 0.717) is 0 Å². The van der Waals surface area contributed by atoms with Gasteiger partial charge in [0.2, 0.25) is 0 Å². The summed E-state index contributed by atoms with van der Waals surface area (Å²) in [6, 6.07) is 8.56. The number of anilines is 1. The standard InChI is InChI=1S/C16H17N5/c1-17-15-7-13-6-11(2-3-12(13)8-19-15)14-9-20-16-10-18-4-5-21(14)16/h2-3,6-9,18H,4-5,10H2,1H3,(H,17,19). The summed E-state index contributed by atoms with van der Waals surface area (Å²) in [7, 11) is 1.89. The van der Waals surface area contributed by atoms with Gasteiger partial charge < -0.3 is 15.2 Å². The quantitative estimate of drug-likeness (QED) is 0.755. The van der Waals surface area contributed by atoms with Gasteiger partial charge in [-0.15, -0.1) is 0 Å². The van der Waals surface area contributed by atoms with Gasteiger partial charge in [-0.3, -0.25) is 0 Å². The Morgan fingerprint density at radius 2 is 2.10 bits per heavy atom. The minimum absolute atomic E-state index is 0.849. The molecule has 0 fully saturated rings. The van der Waals surface area contributed by atoms with Crippen LogP contribution in [0.4, 0.5) is 5.82 Å². The van der Waals surface area contributed by atoms with E-state index in [1.54, 1.807) is 0 Å². The summed E-state index contributed by atoms with van der Waals surface area (Å²) in [4.78, 5) is 8.87. The third-order valence-corrected chi connectivity index (χ3v) is 4.01. The van der Waals surface area contributed by atoms with Crippen molar-refractivity contribution < 1.29 is 0 Å². The van der Waals surface area contributed by atoms with Gasteiger partial charge in [0.15, 0.2) is 0 Å². The Labute approximate surface area is 123 Å². The van der Waals surface area contributed by atoms with Gasteiger partial charge in [-0.05, 0) is 17.5 Å². The highest BCUT2D eigenvalue weighted by atomic mass is 15.2. The van der Waals surface area contributed by atoms with E-state index in [9.17, 15) is 0 Å². The first-order valence-electron chi connectivity index (χ1n) is 7.18. The lowest BCUT2D eigenvalue weighted by atomic mass is 10.1. The molecule has 0 radical (unpaired) electrons. The average molecular weight is 279 g/mol. The summed E-state index contributed by atoms with van der Waals surface area (Å²) in [5.41, 5.74) is 2.40. The molecule has 1 aliphatic heterocycles. The van der Waals surface area contributed by atoms with Crippen molar-refractivity contribution in [3.63, 3.8) is 0 Å². The van der Waals surface area contributed by atoms with Gasteiger partial charge in [-0.2, -0.15) is 0 Å². The molecule has 3 heterocycles. The zero-order valence-electron chi connectivity index (χ0n) is 11.9. The molecule has 5 nitrogen and oxygen atoms in total. The van der Waals surface area contributed by atoms with E-state index in [0.717, 1.165) is 36.7 Å². The fraction of sp³-hybridized carbons (Fsp3) is 0.250. The van der Waals surface area contributed by atoms with Gasteiger partial charge in [-0.1, -0.05) is 12.1 Å². The number of hydrogen-bond acceptors (Lipinski definition) is 4. The normalized spacial score (nSPS) is 14.1. The van der Waals surface area contributed by atoms with Crippen molar-refractivity contribution in [2.45, 2.75) is 13.1 Å². The highest BCUT2D eigenvalue weighted by molar-refractivity contribution is 5.88. The van der Waals surface area contributed by atoms with E-state index in [-0.39, 0.29) is 0 Å². The summed E-state index contributed by atoms with van der Waals surface area (Å²) in [6.45, 7) is 2.82. The second-order valence-electron chi connectivity index (χ2n) is 5.27. The second-order valence-corrected chi connectivity index (χ2v) is 5.27. The minimum Gasteiger partial charge on any atom is -0.373 e. The molecule has 0 spiro atoms. The number of hydrogen-bond donors (Lipinski definition) is 2. The molecule has 0 amide bonds. The van der Waals surface area contributed by atoms with E-state index in [2.05, 4.69) is 49.4 Å². The van der Waals surface area contributed by atoms with Crippen molar-refractivity contribution >= 4 is 16.6 Å². The van der Waals surface area contributed by atoms with Crippen LogP contribution >= 0.6 is 0 Å². The molecule has 21 heavy (non-hydrogen) atoms. The van der Waals surface area contributed by atoms with Gasteiger partial charge in [0.05, 0.1) is 18.4 Å². The van der Waals surface area contributed by atoms with Crippen molar-refractivity contribution in [1.82, 2.24) is 19.9 Å². The van der Waals surface area contributed by atoms with Gasteiger partial charge >= 0.3 is 0 Å². The van der Waals surface area contributed by atoms with Crippen LogP contribution in [0.5, 0.6) is 0 Å². The van der Waals surface area contributed by atoms with Crippen molar-refractivity contribution in [2.75, 3.05) is 18.9 Å². The SMILES string of the molecule is CNc1cc2cc(-c3cnc4n3CCNC4)ccc2cn1. The van der Waals surface area contributed by atoms with Crippen molar-refractivity contribution in [3.8, 4) is 11.3 Å². The molecule has 0 aliphatic carbocycles. The Balaban J connectivity index is 1.84. The summed E-state index contributed by atoms with van der Waals surface area (Å²) >= 11 is 0. The molecule has 2 N–H and O–H groups in total. The van der Waals surface area contributed by atoms with Crippen LogP contribution < -0.4 is 10.6 Å². The fourth-order valence-corrected chi connectivity index (χ4v) is 2.86. The monoisotopic (exact) mass is 279 g/mol. The number of nitrogens with zero attached hydrogens (tertiary/aromatic N) is 3. The highest BCUT2D eigenvalue weighted by Crippen LogP contribution is 2.26. The smallest absolute Gasteiger partial charge is 0.126 e. The summed E-state index contributed by atoms with van der Waals surface area (Å²) in [5.74, 6) is 2.00. The van der Waals surface area contributed by atoms with Crippen LogP contribution in [0.3, 0.4) is 0 Å². The number of aromatic nitrogens is 3. The third-order valence-electron chi connectivity index (χ3n) is 4.01. The molecule has 0 bridgehead atoms. The first-order chi connectivity index (χ1) is 10.3. The van der Waals surface area contributed by atoms with Crippen LogP contribution in [-0.4, -0.2) is 28.1 Å². The second kappa shape index (κ2) is 4.86. The van der Waals surface area contributed by atoms with E-state index in [4.69, 9.17) is 0 Å². The lowest BCUT2D eigenvalue weighted by molar-refractivity contribution is 0.508. The Kier molecular flexibility index (Phi) is 2.86. The first kappa shape index (κ1) is 12.3. The maximum atomic E-state index is 4.52. The average Bonchev–Trinajstić information content (AvgIpc) is 2.98. The Morgan fingerprint density at radius 1 is 1.14 bits per heavy atom. The molecule has 2 aromatic heterocycles. The number of benzene rings is 1. The van der Waals surface area contributed by atoms with E-state index >= 15 is 0 Å². The van der Waals surface area contributed by atoms with Crippen LogP contribution in [-0.2, 0) is 13.1 Å². The molecular formula is C16H17N5. The fourth-order valence-electron chi connectivity index (χ4n) is 2.86. The zero-order valence-corrected chi connectivity index (χ0v) is 11.9. The number of imidazole rings is 1. The van der Waals surface area contributed by atoms with Crippen LogP contribution in [0.1, 0.15) is 5.82 Å². The lowest BCUT2D eigenvalue weighted by Gasteiger charge is -2.17. The molecule has 0 atom stereocenters. The highest BCUT2D eigenvalue weighted by Gasteiger charge is 2.14. The maximum Gasteiger partial charge on any atom is 0.126 e. The third kappa shape index (κ3) is 2.06. The van der Waals surface area contributed by atoms with Gasteiger partial charge in [0, 0.05) is 37.3 Å². The van der Waals surface area contributed by atoms with Crippen molar-refractivity contribution in [2.24, 2.45) is 0 Å². The van der Waals surface area contributed by atoms with Gasteiger partial charge in [0.1, 0.15) is 11.6 Å². The molecule has 1 aromatic carbocycles. The maximum absolute atomic E-state index is 4.52. The summed E-state index contributed by atoms with van der Waals surface area (Å²) < 4.78 is 2.30. The molecule has 0 saturated carbocycles. The van der Waals surface area contributed by atoms with Crippen molar-refractivity contribution in [1.29, 1.82) is 0 Å². The molecule has 4 rings (SSSR count). The van der Waals surface area contributed by atoms with Crippen molar-refractivity contribution in [3.05, 3.63) is 42.5 Å².